The molecule has 0 saturated heterocycles. The Morgan fingerprint density at radius 1 is 1.33 bits per heavy atom. The zero-order chi connectivity index (χ0) is 15.4. The van der Waals surface area contributed by atoms with Gasteiger partial charge < -0.3 is 15.3 Å². The fraction of sp³-hybridized carbons (Fsp3) is 0.588. The van der Waals surface area contributed by atoms with E-state index in [1.165, 1.54) is 0 Å². The van der Waals surface area contributed by atoms with Gasteiger partial charge in [0.1, 0.15) is 0 Å². The number of nitrogens with zero attached hydrogens (tertiary/aromatic N) is 1. The normalized spacial score (nSPS) is 21.3. The van der Waals surface area contributed by atoms with Crippen molar-refractivity contribution < 1.29 is 9.90 Å². The molecule has 1 aliphatic carbocycles. The monoisotopic (exact) mass is 290 g/mol. The summed E-state index contributed by atoms with van der Waals surface area (Å²) in [4.78, 5) is 14.0. The van der Waals surface area contributed by atoms with Crippen LogP contribution in [0, 0.1) is 19.8 Å². The van der Waals surface area contributed by atoms with Crippen molar-refractivity contribution in [3.63, 3.8) is 0 Å². The van der Waals surface area contributed by atoms with Crippen molar-refractivity contribution in [3.8, 4) is 0 Å². The molecule has 116 valence electrons. The lowest BCUT2D eigenvalue weighted by molar-refractivity contribution is -0.128. The van der Waals surface area contributed by atoms with Gasteiger partial charge >= 0.3 is 0 Å². The SMILES string of the molecule is Cc1cccc(C)c1NCC(=O)N(C)CC1CCCC1O. The van der Waals surface area contributed by atoms with Gasteiger partial charge in [0.05, 0.1) is 12.6 Å². The van der Waals surface area contributed by atoms with Crippen molar-refractivity contribution in [3.05, 3.63) is 29.3 Å². The molecule has 1 fully saturated rings. The number of aliphatic hydroxyl groups is 1. The maximum Gasteiger partial charge on any atom is 0.241 e. The maximum absolute atomic E-state index is 12.2. The molecule has 2 rings (SSSR count). The van der Waals surface area contributed by atoms with Crippen LogP contribution in [-0.4, -0.2) is 42.2 Å². The minimum absolute atomic E-state index is 0.0664. The lowest BCUT2D eigenvalue weighted by Gasteiger charge is -2.24. The number of rotatable bonds is 5. The number of carbonyl (C=O) groups is 1. The van der Waals surface area contributed by atoms with Crippen molar-refractivity contribution in [2.45, 2.75) is 39.2 Å². The third kappa shape index (κ3) is 3.97. The molecule has 0 spiro atoms. The van der Waals surface area contributed by atoms with E-state index in [-0.39, 0.29) is 17.9 Å². The highest BCUT2D eigenvalue weighted by molar-refractivity contribution is 5.81. The number of hydrogen-bond acceptors (Lipinski definition) is 3. The number of hydrogen-bond donors (Lipinski definition) is 2. The molecular formula is C17H26N2O2. The van der Waals surface area contributed by atoms with E-state index in [0.29, 0.717) is 13.1 Å². The van der Waals surface area contributed by atoms with Gasteiger partial charge in [0.2, 0.25) is 5.91 Å². The Kier molecular flexibility index (Phi) is 5.23. The molecule has 2 atom stereocenters. The summed E-state index contributed by atoms with van der Waals surface area (Å²) in [6.45, 7) is 5.02. The molecule has 1 amide bonds. The van der Waals surface area contributed by atoms with E-state index < -0.39 is 0 Å². The van der Waals surface area contributed by atoms with Gasteiger partial charge in [-0.1, -0.05) is 24.6 Å². The molecule has 1 aromatic rings. The lowest BCUT2D eigenvalue weighted by Crippen LogP contribution is -2.37. The molecule has 1 aromatic carbocycles. The van der Waals surface area contributed by atoms with Crippen LogP contribution < -0.4 is 5.32 Å². The number of para-hydroxylation sites is 1. The average molecular weight is 290 g/mol. The molecule has 1 saturated carbocycles. The Balaban J connectivity index is 1.86. The van der Waals surface area contributed by atoms with Gasteiger partial charge in [-0.2, -0.15) is 0 Å². The summed E-state index contributed by atoms with van der Waals surface area (Å²) in [5.41, 5.74) is 3.34. The minimum atomic E-state index is -0.244. The number of aryl methyl sites for hydroxylation is 2. The summed E-state index contributed by atoms with van der Waals surface area (Å²) in [6, 6.07) is 6.10. The van der Waals surface area contributed by atoms with Crippen LogP contribution in [0.2, 0.25) is 0 Å². The zero-order valence-corrected chi connectivity index (χ0v) is 13.2. The second kappa shape index (κ2) is 6.94. The third-order valence-corrected chi connectivity index (χ3v) is 4.45. The van der Waals surface area contributed by atoms with Gasteiger partial charge in [-0.3, -0.25) is 4.79 Å². The van der Waals surface area contributed by atoms with Crippen molar-refractivity contribution in [1.82, 2.24) is 4.90 Å². The van der Waals surface area contributed by atoms with Crippen LogP contribution in [0.1, 0.15) is 30.4 Å². The largest absolute Gasteiger partial charge is 0.393 e. The Labute approximate surface area is 127 Å². The van der Waals surface area contributed by atoms with E-state index in [2.05, 4.69) is 5.32 Å². The molecule has 0 aliphatic heterocycles. The molecule has 0 heterocycles. The number of nitrogens with one attached hydrogen (secondary N) is 1. The minimum Gasteiger partial charge on any atom is -0.393 e. The summed E-state index contributed by atoms with van der Waals surface area (Å²) in [7, 11) is 1.82. The Hall–Kier alpha value is -1.55. The fourth-order valence-corrected chi connectivity index (χ4v) is 3.08. The van der Waals surface area contributed by atoms with Gasteiger partial charge in [0, 0.05) is 25.2 Å². The van der Waals surface area contributed by atoms with Crippen LogP contribution in [0.4, 0.5) is 5.69 Å². The summed E-state index contributed by atoms with van der Waals surface area (Å²) in [5, 5.41) is 13.1. The summed E-state index contributed by atoms with van der Waals surface area (Å²) in [5.74, 6) is 0.302. The average Bonchev–Trinajstić information content (AvgIpc) is 2.83. The molecule has 1 aliphatic rings. The molecular weight excluding hydrogens is 264 g/mol. The molecule has 4 heteroatoms. The smallest absolute Gasteiger partial charge is 0.241 e. The van der Waals surface area contributed by atoms with Crippen LogP contribution in [0.5, 0.6) is 0 Å². The van der Waals surface area contributed by atoms with Crippen LogP contribution in [-0.2, 0) is 4.79 Å². The molecule has 0 bridgehead atoms. The van der Waals surface area contributed by atoms with Gasteiger partial charge in [-0.25, -0.2) is 0 Å². The Morgan fingerprint density at radius 3 is 2.57 bits per heavy atom. The predicted octanol–water partition coefficient (Wildman–Crippen LogP) is 2.33. The molecule has 2 unspecified atom stereocenters. The summed E-state index contributed by atoms with van der Waals surface area (Å²) >= 11 is 0. The van der Waals surface area contributed by atoms with Crippen molar-refractivity contribution in [2.75, 3.05) is 25.5 Å². The molecule has 0 radical (unpaired) electrons. The zero-order valence-electron chi connectivity index (χ0n) is 13.2. The topological polar surface area (TPSA) is 52.6 Å². The summed E-state index contributed by atoms with van der Waals surface area (Å²) < 4.78 is 0. The molecule has 21 heavy (non-hydrogen) atoms. The predicted molar refractivity (Wildman–Crippen MR) is 85.4 cm³/mol. The van der Waals surface area contributed by atoms with E-state index in [0.717, 1.165) is 36.1 Å². The van der Waals surface area contributed by atoms with Crippen molar-refractivity contribution in [1.29, 1.82) is 0 Å². The quantitative estimate of drug-likeness (QED) is 0.875. The molecule has 4 nitrogen and oxygen atoms in total. The molecule has 0 aromatic heterocycles. The fourth-order valence-electron chi connectivity index (χ4n) is 3.08. The highest BCUT2D eigenvalue weighted by Gasteiger charge is 2.27. The third-order valence-electron chi connectivity index (χ3n) is 4.45. The first kappa shape index (κ1) is 15.8. The van der Waals surface area contributed by atoms with Crippen LogP contribution in [0.3, 0.4) is 0 Å². The van der Waals surface area contributed by atoms with Gasteiger partial charge in [0.15, 0.2) is 0 Å². The number of aliphatic hydroxyl groups excluding tert-OH is 1. The van der Waals surface area contributed by atoms with E-state index in [9.17, 15) is 9.90 Å². The number of likely N-dealkylation sites (N-methyl/N-ethyl adjacent to an activating group) is 1. The highest BCUT2D eigenvalue weighted by Crippen LogP contribution is 2.26. The van der Waals surface area contributed by atoms with Gasteiger partial charge in [0.25, 0.3) is 0 Å². The highest BCUT2D eigenvalue weighted by atomic mass is 16.3. The Morgan fingerprint density at radius 2 is 2.00 bits per heavy atom. The van der Waals surface area contributed by atoms with Gasteiger partial charge in [-0.15, -0.1) is 0 Å². The van der Waals surface area contributed by atoms with Crippen molar-refractivity contribution in [2.24, 2.45) is 5.92 Å². The van der Waals surface area contributed by atoms with E-state index in [1.807, 2.05) is 39.1 Å². The summed E-state index contributed by atoms with van der Waals surface area (Å²) in [6.07, 6.45) is 2.71. The van der Waals surface area contributed by atoms with E-state index >= 15 is 0 Å². The number of carbonyl (C=O) groups excluding carboxylic acids is 1. The first-order valence-electron chi connectivity index (χ1n) is 7.71. The lowest BCUT2D eigenvalue weighted by atomic mass is 10.1. The first-order chi connectivity index (χ1) is 9.99. The maximum atomic E-state index is 12.2. The van der Waals surface area contributed by atoms with Crippen LogP contribution in [0.25, 0.3) is 0 Å². The standard InChI is InChI=1S/C17H26N2O2/c1-12-6-4-7-13(2)17(12)18-10-16(21)19(3)11-14-8-5-9-15(14)20/h4,6-7,14-15,18,20H,5,8-11H2,1-3H3. The van der Waals surface area contributed by atoms with Gasteiger partial charge in [-0.05, 0) is 37.8 Å². The number of benzene rings is 1. The second-order valence-corrected chi connectivity index (χ2v) is 6.15. The number of amides is 1. The van der Waals surface area contributed by atoms with E-state index in [4.69, 9.17) is 0 Å². The molecule has 2 N–H and O–H groups in total. The van der Waals surface area contributed by atoms with Crippen LogP contribution >= 0.6 is 0 Å². The Bertz CT molecular complexity index is 481. The second-order valence-electron chi connectivity index (χ2n) is 6.15. The first-order valence-corrected chi connectivity index (χ1v) is 7.71. The number of anilines is 1. The van der Waals surface area contributed by atoms with Crippen LogP contribution in [0.15, 0.2) is 18.2 Å². The van der Waals surface area contributed by atoms with Crippen molar-refractivity contribution >= 4 is 11.6 Å². The van der Waals surface area contributed by atoms with E-state index in [1.54, 1.807) is 4.90 Å².